The van der Waals surface area contributed by atoms with E-state index in [1.54, 1.807) is 4.68 Å². The SMILES string of the molecule is Fc1ccc(F)c([C@H]2CCCN2c2c(F)cnn2[C@H]2CC[C@H](c3nnn[nH]3)CC2)c1. The van der Waals surface area contributed by atoms with Gasteiger partial charge in [0.25, 0.3) is 0 Å². The zero-order chi connectivity index (χ0) is 20.7. The lowest BCUT2D eigenvalue weighted by molar-refractivity contribution is 0.298. The second kappa shape index (κ2) is 7.73. The quantitative estimate of drug-likeness (QED) is 0.693. The highest BCUT2D eigenvalue weighted by Gasteiger charge is 2.35. The number of hydrogen-bond acceptors (Lipinski definition) is 5. The second-order valence-corrected chi connectivity index (χ2v) is 8.07. The van der Waals surface area contributed by atoms with Crippen molar-refractivity contribution >= 4 is 5.82 Å². The first-order valence-electron chi connectivity index (χ1n) is 10.3. The summed E-state index contributed by atoms with van der Waals surface area (Å²) in [7, 11) is 0. The zero-order valence-electron chi connectivity index (χ0n) is 16.3. The zero-order valence-corrected chi connectivity index (χ0v) is 16.3. The summed E-state index contributed by atoms with van der Waals surface area (Å²) in [5.74, 6) is 0.00200. The van der Waals surface area contributed by atoms with Crippen LogP contribution in [-0.2, 0) is 0 Å². The molecule has 1 N–H and O–H groups in total. The highest BCUT2D eigenvalue weighted by Crippen LogP contribution is 2.42. The van der Waals surface area contributed by atoms with Crippen molar-refractivity contribution in [2.24, 2.45) is 0 Å². The molecule has 2 aromatic heterocycles. The second-order valence-electron chi connectivity index (χ2n) is 8.07. The molecule has 5 rings (SSSR count). The van der Waals surface area contributed by atoms with Crippen molar-refractivity contribution in [3.63, 3.8) is 0 Å². The van der Waals surface area contributed by atoms with E-state index in [0.717, 1.165) is 50.1 Å². The summed E-state index contributed by atoms with van der Waals surface area (Å²) in [6, 6.07) is 3.07. The Morgan fingerprint density at radius 1 is 1.00 bits per heavy atom. The number of aromatic nitrogens is 6. The number of halogens is 3. The largest absolute Gasteiger partial charge is 0.347 e. The Morgan fingerprint density at radius 2 is 1.83 bits per heavy atom. The van der Waals surface area contributed by atoms with Gasteiger partial charge in [0, 0.05) is 18.0 Å². The molecule has 30 heavy (non-hydrogen) atoms. The summed E-state index contributed by atoms with van der Waals surface area (Å²) in [5.41, 5.74) is 0.265. The third kappa shape index (κ3) is 3.33. The van der Waals surface area contributed by atoms with Crippen LogP contribution in [0.15, 0.2) is 24.4 Å². The van der Waals surface area contributed by atoms with Crippen LogP contribution in [0.3, 0.4) is 0 Å². The highest BCUT2D eigenvalue weighted by molar-refractivity contribution is 5.46. The van der Waals surface area contributed by atoms with E-state index in [2.05, 4.69) is 25.7 Å². The molecule has 1 atom stereocenters. The molecule has 0 spiro atoms. The molecule has 10 heteroatoms. The summed E-state index contributed by atoms with van der Waals surface area (Å²) < 4.78 is 44.8. The fourth-order valence-corrected chi connectivity index (χ4v) is 4.92. The van der Waals surface area contributed by atoms with Gasteiger partial charge in [-0.1, -0.05) is 0 Å². The summed E-state index contributed by atoms with van der Waals surface area (Å²) in [4.78, 5) is 1.84. The van der Waals surface area contributed by atoms with Gasteiger partial charge in [-0.25, -0.2) is 23.0 Å². The van der Waals surface area contributed by atoms with E-state index < -0.39 is 23.5 Å². The monoisotopic (exact) mass is 417 g/mol. The van der Waals surface area contributed by atoms with E-state index in [0.29, 0.717) is 18.8 Å². The Kier molecular flexibility index (Phi) is 4.92. The molecule has 1 aliphatic carbocycles. The normalized spacial score (nSPS) is 24.5. The molecule has 1 saturated carbocycles. The summed E-state index contributed by atoms with van der Waals surface area (Å²) in [6.07, 6.45) is 5.99. The lowest BCUT2D eigenvalue weighted by Gasteiger charge is -2.32. The molecule has 7 nitrogen and oxygen atoms in total. The smallest absolute Gasteiger partial charge is 0.185 e. The minimum Gasteiger partial charge on any atom is -0.347 e. The number of tetrazole rings is 1. The number of rotatable bonds is 4. The minimum atomic E-state index is -0.493. The fourth-order valence-electron chi connectivity index (χ4n) is 4.92. The third-order valence-corrected chi connectivity index (χ3v) is 6.36. The van der Waals surface area contributed by atoms with Crippen LogP contribution in [-0.4, -0.2) is 36.9 Å². The van der Waals surface area contributed by atoms with Crippen LogP contribution in [0.25, 0.3) is 0 Å². The summed E-state index contributed by atoms with van der Waals surface area (Å²) >= 11 is 0. The molecular weight excluding hydrogens is 395 g/mol. The average molecular weight is 417 g/mol. The van der Waals surface area contributed by atoms with E-state index >= 15 is 0 Å². The van der Waals surface area contributed by atoms with Gasteiger partial charge in [-0.2, -0.15) is 5.10 Å². The Bertz CT molecular complexity index is 1010. The maximum Gasteiger partial charge on any atom is 0.185 e. The molecule has 2 aliphatic rings. The number of aromatic amines is 1. The van der Waals surface area contributed by atoms with Crippen molar-refractivity contribution in [1.29, 1.82) is 0 Å². The van der Waals surface area contributed by atoms with E-state index in [9.17, 15) is 13.2 Å². The van der Waals surface area contributed by atoms with Crippen LogP contribution >= 0.6 is 0 Å². The van der Waals surface area contributed by atoms with Gasteiger partial charge in [-0.05, 0) is 67.2 Å². The maximum atomic E-state index is 14.9. The minimum absolute atomic E-state index is 0.0373. The van der Waals surface area contributed by atoms with Crippen LogP contribution < -0.4 is 4.90 Å². The van der Waals surface area contributed by atoms with Gasteiger partial charge in [0.15, 0.2) is 17.5 Å². The molecule has 0 unspecified atom stereocenters. The van der Waals surface area contributed by atoms with Crippen LogP contribution in [0.4, 0.5) is 19.0 Å². The van der Waals surface area contributed by atoms with Gasteiger partial charge in [-0.15, -0.1) is 5.10 Å². The van der Waals surface area contributed by atoms with Gasteiger partial charge >= 0.3 is 0 Å². The lowest BCUT2D eigenvalue weighted by atomic mass is 9.85. The van der Waals surface area contributed by atoms with E-state index in [1.807, 2.05) is 4.90 Å². The van der Waals surface area contributed by atoms with Gasteiger partial charge in [-0.3, -0.25) is 0 Å². The van der Waals surface area contributed by atoms with Crippen molar-refractivity contribution in [3.05, 3.63) is 53.2 Å². The summed E-state index contributed by atoms with van der Waals surface area (Å²) in [5, 5.41) is 18.4. The molecular formula is C20H22F3N7. The van der Waals surface area contributed by atoms with Crippen LogP contribution in [0.2, 0.25) is 0 Å². The number of nitrogens with one attached hydrogen (secondary N) is 1. The number of H-pyrrole nitrogens is 1. The molecule has 1 aliphatic heterocycles. The predicted octanol–water partition coefficient (Wildman–Crippen LogP) is 4.05. The number of hydrogen-bond donors (Lipinski definition) is 1. The average Bonchev–Trinajstić information content (AvgIpc) is 3.50. The van der Waals surface area contributed by atoms with E-state index in [1.165, 1.54) is 12.3 Å². The van der Waals surface area contributed by atoms with Crippen molar-refractivity contribution < 1.29 is 13.2 Å². The van der Waals surface area contributed by atoms with Crippen molar-refractivity contribution in [2.75, 3.05) is 11.4 Å². The fraction of sp³-hybridized carbons (Fsp3) is 0.500. The Balaban J connectivity index is 1.41. The van der Waals surface area contributed by atoms with Crippen LogP contribution in [0.5, 0.6) is 0 Å². The highest BCUT2D eigenvalue weighted by atomic mass is 19.1. The van der Waals surface area contributed by atoms with E-state index in [4.69, 9.17) is 0 Å². The predicted molar refractivity (Wildman–Crippen MR) is 102 cm³/mol. The Hall–Kier alpha value is -2.91. The molecule has 2 fully saturated rings. The molecule has 1 saturated heterocycles. The Labute approximate surface area is 171 Å². The number of benzene rings is 1. The summed E-state index contributed by atoms with van der Waals surface area (Å²) in [6.45, 7) is 0.572. The van der Waals surface area contributed by atoms with Crippen LogP contribution in [0.1, 0.15) is 67.9 Å². The number of nitrogens with zero attached hydrogens (tertiary/aromatic N) is 6. The first-order chi connectivity index (χ1) is 14.6. The van der Waals surface area contributed by atoms with Crippen molar-refractivity contribution in [1.82, 2.24) is 30.4 Å². The van der Waals surface area contributed by atoms with Crippen molar-refractivity contribution in [2.45, 2.75) is 56.5 Å². The molecule has 0 bridgehead atoms. The number of anilines is 1. The van der Waals surface area contributed by atoms with E-state index in [-0.39, 0.29) is 17.5 Å². The van der Waals surface area contributed by atoms with Gasteiger partial charge < -0.3 is 4.90 Å². The molecule has 3 heterocycles. The molecule has 1 aromatic carbocycles. The lowest BCUT2D eigenvalue weighted by Crippen LogP contribution is -2.29. The first kappa shape index (κ1) is 19.1. The molecule has 0 radical (unpaired) electrons. The molecule has 3 aromatic rings. The first-order valence-corrected chi connectivity index (χ1v) is 10.3. The van der Waals surface area contributed by atoms with Crippen LogP contribution in [0, 0.1) is 17.5 Å². The topological polar surface area (TPSA) is 75.5 Å². The molecule has 158 valence electrons. The Morgan fingerprint density at radius 3 is 2.60 bits per heavy atom. The molecule has 0 amide bonds. The van der Waals surface area contributed by atoms with Crippen molar-refractivity contribution in [3.8, 4) is 0 Å². The maximum absolute atomic E-state index is 14.9. The van der Waals surface area contributed by atoms with Gasteiger partial charge in [0.2, 0.25) is 0 Å². The van der Waals surface area contributed by atoms with Gasteiger partial charge in [0.05, 0.1) is 18.3 Å². The van der Waals surface area contributed by atoms with Gasteiger partial charge in [0.1, 0.15) is 11.6 Å². The standard InChI is InChI=1S/C20H22F3N7/c21-13-5-8-16(22)15(10-13)18-2-1-9-29(18)20-17(23)11-24-30(20)14-6-3-12(4-7-14)19-25-27-28-26-19/h5,8,10-12,14,18H,1-4,6-7,9H2,(H,25,26,27,28)/t12-,14-,18-/m1/s1. The third-order valence-electron chi connectivity index (χ3n) is 6.36.